The van der Waals surface area contributed by atoms with Crippen molar-refractivity contribution in [3.63, 3.8) is 0 Å². The van der Waals surface area contributed by atoms with E-state index in [0.717, 1.165) is 42.5 Å². The van der Waals surface area contributed by atoms with Crippen LogP contribution in [0.1, 0.15) is 36.0 Å². The average Bonchev–Trinajstić information content (AvgIpc) is 2.95. The highest BCUT2D eigenvalue weighted by Gasteiger charge is 2.24. The number of hydrogen-bond donors (Lipinski definition) is 1. The Bertz CT molecular complexity index is 1320. The third-order valence-corrected chi connectivity index (χ3v) is 8.02. The summed E-state index contributed by atoms with van der Waals surface area (Å²) >= 11 is 1.05. The first-order chi connectivity index (χ1) is 15.3. The molecule has 4 rings (SSSR count). The first-order valence-corrected chi connectivity index (χ1v) is 12.7. The number of carbonyl (C=O) groups excluding carboxylic acids is 1. The molecule has 1 amide bonds. The van der Waals surface area contributed by atoms with Crippen LogP contribution >= 0.6 is 11.3 Å². The van der Waals surface area contributed by atoms with E-state index >= 15 is 0 Å². The molecule has 0 aliphatic carbocycles. The van der Waals surface area contributed by atoms with Crippen LogP contribution < -0.4 is 14.3 Å². The zero-order chi connectivity index (χ0) is 22.9. The van der Waals surface area contributed by atoms with Gasteiger partial charge in [0.2, 0.25) is 0 Å². The largest absolute Gasteiger partial charge is 0.496 e. The molecule has 0 atom stereocenters. The summed E-state index contributed by atoms with van der Waals surface area (Å²) in [5, 5.41) is 0. The summed E-state index contributed by atoms with van der Waals surface area (Å²) in [5.74, 6) is 0.116. The molecule has 1 saturated heterocycles. The highest BCUT2D eigenvalue weighted by atomic mass is 32.2. The molecule has 10 heteroatoms. The van der Waals surface area contributed by atoms with Crippen molar-refractivity contribution in [3.05, 3.63) is 51.6 Å². The molecule has 8 nitrogen and oxygen atoms in total. The Morgan fingerprint density at radius 3 is 2.47 bits per heavy atom. The number of aryl methyl sites for hydroxylation is 1. The predicted molar refractivity (Wildman–Crippen MR) is 125 cm³/mol. The molecular weight excluding hydrogens is 450 g/mol. The summed E-state index contributed by atoms with van der Waals surface area (Å²) < 4.78 is 36.2. The highest BCUT2D eigenvalue weighted by Crippen LogP contribution is 2.28. The minimum Gasteiger partial charge on any atom is -0.496 e. The molecule has 2 heterocycles. The number of fused-ring (bicyclic) bond motifs is 1. The van der Waals surface area contributed by atoms with Crippen LogP contribution in [0.4, 0.5) is 5.69 Å². The van der Waals surface area contributed by atoms with Gasteiger partial charge in [-0.05, 0) is 49.2 Å². The summed E-state index contributed by atoms with van der Waals surface area (Å²) in [5.41, 5.74) is 1.31. The Balaban J connectivity index is 1.65. The van der Waals surface area contributed by atoms with Gasteiger partial charge in [-0.1, -0.05) is 24.2 Å². The van der Waals surface area contributed by atoms with Crippen molar-refractivity contribution in [3.8, 4) is 5.75 Å². The van der Waals surface area contributed by atoms with Crippen LogP contribution in [-0.4, -0.2) is 44.0 Å². The van der Waals surface area contributed by atoms with Gasteiger partial charge < -0.3 is 14.2 Å². The number of nitrogens with zero attached hydrogens (tertiary/aromatic N) is 2. The molecule has 1 aromatic heterocycles. The number of sulfonamides is 1. The predicted octanol–water partition coefficient (Wildman–Crippen LogP) is 3.43. The van der Waals surface area contributed by atoms with E-state index < -0.39 is 10.0 Å². The molecule has 0 saturated carbocycles. The van der Waals surface area contributed by atoms with Crippen molar-refractivity contribution in [1.29, 1.82) is 0 Å². The summed E-state index contributed by atoms with van der Waals surface area (Å²) in [7, 11) is -0.829. The molecule has 0 spiro atoms. The highest BCUT2D eigenvalue weighted by molar-refractivity contribution is 7.92. The van der Waals surface area contributed by atoms with Gasteiger partial charge in [0.05, 0.1) is 33.5 Å². The molecular formula is C22H25N3O5S2. The molecule has 1 N–H and O–H groups in total. The minimum absolute atomic E-state index is 0.0298. The number of likely N-dealkylation sites (tertiary alicyclic amines) is 1. The average molecular weight is 476 g/mol. The van der Waals surface area contributed by atoms with E-state index in [4.69, 9.17) is 4.74 Å². The maximum Gasteiger partial charge on any atom is 0.307 e. The Morgan fingerprint density at radius 2 is 1.78 bits per heavy atom. The zero-order valence-electron chi connectivity index (χ0n) is 18.0. The topological polar surface area (TPSA) is 97.7 Å². The molecule has 0 unspecified atom stereocenters. The number of ether oxygens (including phenoxy) is 1. The van der Waals surface area contributed by atoms with Crippen LogP contribution in [0.2, 0.25) is 0 Å². The number of benzene rings is 2. The van der Waals surface area contributed by atoms with Crippen molar-refractivity contribution < 1.29 is 17.9 Å². The third kappa shape index (κ3) is 4.37. The van der Waals surface area contributed by atoms with Gasteiger partial charge in [0, 0.05) is 20.1 Å². The number of hydrogen-bond acceptors (Lipinski definition) is 6. The van der Waals surface area contributed by atoms with Crippen LogP contribution in [-0.2, 0) is 17.1 Å². The standard InChI is InChI=1S/C22H25N3O5S2/c1-24-18-9-7-15(13-20(18)31-22(24)27)23-32(28,29)16-8-10-19(30-2)17(14-16)21(26)25-11-5-3-4-6-12-25/h7-10,13-14,23H,3-6,11-12H2,1-2H3. The molecule has 0 radical (unpaired) electrons. The van der Waals surface area contributed by atoms with E-state index in [1.54, 1.807) is 30.1 Å². The van der Waals surface area contributed by atoms with E-state index in [2.05, 4.69) is 4.72 Å². The third-order valence-electron chi connectivity index (χ3n) is 5.65. The van der Waals surface area contributed by atoms with Crippen molar-refractivity contribution in [2.45, 2.75) is 30.6 Å². The second-order valence-electron chi connectivity index (χ2n) is 7.78. The van der Waals surface area contributed by atoms with Crippen LogP contribution in [0.25, 0.3) is 10.2 Å². The van der Waals surface area contributed by atoms with Crippen molar-refractivity contribution in [1.82, 2.24) is 9.47 Å². The fourth-order valence-corrected chi connectivity index (χ4v) is 5.87. The number of rotatable bonds is 5. The number of thiazole rings is 1. The number of carbonyl (C=O) groups is 1. The van der Waals surface area contributed by atoms with Crippen LogP contribution in [0.3, 0.4) is 0 Å². The van der Waals surface area contributed by atoms with Gasteiger partial charge in [-0.15, -0.1) is 0 Å². The maximum absolute atomic E-state index is 13.2. The summed E-state index contributed by atoms with van der Waals surface area (Å²) in [6.07, 6.45) is 4.03. The Labute approximate surface area is 190 Å². The van der Waals surface area contributed by atoms with Gasteiger partial charge in [0.15, 0.2) is 0 Å². The fourth-order valence-electron chi connectivity index (χ4n) is 3.88. The molecule has 3 aromatic rings. The van der Waals surface area contributed by atoms with Gasteiger partial charge in [-0.3, -0.25) is 14.3 Å². The molecule has 1 fully saturated rings. The molecule has 0 bridgehead atoms. The first kappa shape index (κ1) is 22.3. The van der Waals surface area contributed by atoms with Gasteiger partial charge in [-0.25, -0.2) is 8.42 Å². The van der Waals surface area contributed by atoms with Crippen molar-refractivity contribution >= 4 is 43.2 Å². The van der Waals surface area contributed by atoms with Gasteiger partial charge in [0.1, 0.15) is 5.75 Å². The summed E-state index contributed by atoms with van der Waals surface area (Å²) in [6.45, 7) is 1.30. The molecule has 1 aliphatic rings. The van der Waals surface area contributed by atoms with E-state index in [-0.39, 0.29) is 21.2 Å². The lowest BCUT2D eigenvalue weighted by Crippen LogP contribution is -2.32. The van der Waals surface area contributed by atoms with Gasteiger partial charge in [0.25, 0.3) is 15.9 Å². The minimum atomic E-state index is -3.96. The number of nitrogens with one attached hydrogen (secondary N) is 1. The van der Waals surface area contributed by atoms with Crippen LogP contribution in [0.15, 0.2) is 46.1 Å². The lowest BCUT2D eigenvalue weighted by Gasteiger charge is -2.22. The van der Waals surface area contributed by atoms with E-state index in [1.165, 1.54) is 29.9 Å². The molecule has 32 heavy (non-hydrogen) atoms. The zero-order valence-corrected chi connectivity index (χ0v) is 19.6. The number of methoxy groups -OCH3 is 1. The van der Waals surface area contributed by atoms with E-state index in [1.807, 2.05) is 0 Å². The molecule has 1 aliphatic heterocycles. The maximum atomic E-state index is 13.2. The number of aromatic nitrogens is 1. The monoisotopic (exact) mass is 475 g/mol. The Kier molecular flexibility index (Phi) is 6.25. The van der Waals surface area contributed by atoms with E-state index in [9.17, 15) is 18.0 Å². The van der Waals surface area contributed by atoms with E-state index in [0.29, 0.717) is 29.2 Å². The smallest absolute Gasteiger partial charge is 0.307 e. The van der Waals surface area contributed by atoms with Crippen molar-refractivity contribution in [2.75, 3.05) is 24.9 Å². The van der Waals surface area contributed by atoms with Crippen LogP contribution in [0, 0.1) is 0 Å². The van der Waals surface area contributed by atoms with Gasteiger partial charge in [-0.2, -0.15) is 0 Å². The number of amides is 1. The second-order valence-corrected chi connectivity index (χ2v) is 10.5. The normalized spacial score (nSPS) is 14.9. The van der Waals surface area contributed by atoms with Crippen LogP contribution in [0.5, 0.6) is 5.75 Å². The Morgan fingerprint density at radius 1 is 1.06 bits per heavy atom. The van der Waals surface area contributed by atoms with Crippen molar-refractivity contribution in [2.24, 2.45) is 7.05 Å². The first-order valence-electron chi connectivity index (χ1n) is 10.4. The summed E-state index contributed by atoms with van der Waals surface area (Å²) in [4.78, 5) is 26.6. The van der Waals surface area contributed by atoms with Gasteiger partial charge >= 0.3 is 4.87 Å². The summed E-state index contributed by atoms with van der Waals surface area (Å²) in [6, 6.07) is 9.23. The quantitative estimate of drug-likeness (QED) is 0.610. The Hall–Kier alpha value is -2.85. The molecule has 2 aromatic carbocycles. The lowest BCUT2D eigenvalue weighted by atomic mass is 10.1. The molecule has 170 valence electrons. The SMILES string of the molecule is COc1ccc(S(=O)(=O)Nc2ccc3c(c2)sc(=O)n3C)cc1C(=O)N1CCCCCC1. The lowest BCUT2D eigenvalue weighted by molar-refractivity contribution is 0.0758. The number of anilines is 1. The second kappa shape index (κ2) is 8.95. The fraction of sp³-hybridized carbons (Fsp3) is 0.364.